The predicted octanol–water partition coefficient (Wildman–Crippen LogP) is 3.58. The molecule has 0 aliphatic heterocycles. The maximum Gasteiger partial charge on any atom is 0.0486 e. The van der Waals surface area contributed by atoms with Crippen LogP contribution in [-0.4, -0.2) is 10.6 Å². The van der Waals surface area contributed by atoms with Crippen molar-refractivity contribution in [1.82, 2.24) is 4.57 Å². The SMILES string of the molecule is CC(N)Cc1cccc2c1ccn2Cc1ccccc1. The van der Waals surface area contributed by atoms with Crippen molar-refractivity contribution in [1.29, 1.82) is 0 Å². The van der Waals surface area contributed by atoms with Crippen molar-refractivity contribution in [3.8, 4) is 0 Å². The number of rotatable bonds is 4. The largest absolute Gasteiger partial charge is 0.343 e. The van der Waals surface area contributed by atoms with Gasteiger partial charge in [0.25, 0.3) is 0 Å². The number of hydrogen-bond donors (Lipinski definition) is 1. The zero-order valence-electron chi connectivity index (χ0n) is 11.8. The monoisotopic (exact) mass is 264 g/mol. The standard InChI is InChI=1S/C18H20N2/c1-14(19)12-16-8-5-9-18-17(16)10-11-20(18)13-15-6-3-2-4-7-15/h2-11,14H,12-13,19H2,1H3. The second-order valence-electron chi connectivity index (χ2n) is 5.46. The van der Waals surface area contributed by atoms with Gasteiger partial charge in [0.1, 0.15) is 0 Å². The Labute approximate surface area is 119 Å². The van der Waals surface area contributed by atoms with E-state index in [1.807, 2.05) is 0 Å². The van der Waals surface area contributed by atoms with Gasteiger partial charge in [0, 0.05) is 29.7 Å². The number of nitrogens with two attached hydrogens (primary N) is 1. The molecule has 0 saturated heterocycles. The smallest absolute Gasteiger partial charge is 0.0486 e. The Morgan fingerprint density at radius 1 is 1.00 bits per heavy atom. The van der Waals surface area contributed by atoms with Gasteiger partial charge < -0.3 is 10.3 Å². The molecule has 0 radical (unpaired) electrons. The first-order chi connectivity index (χ1) is 9.74. The minimum Gasteiger partial charge on any atom is -0.343 e. The molecule has 1 atom stereocenters. The van der Waals surface area contributed by atoms with Gasteiger partial charge in [-0.3, -0.25) is 0 Å². The number of benzene rings is 2. The van der Waals surface area contributed by atoms with Crippen LogP contribution in [0.5, 0.6) is 0 Å². The molecule has 0 fully saturated rings. The molecule has 1 unspecified atom stereocenters. The molecule has 2 heteroatoms. The second kappa shape index (κ2) is 5.51. The highest BCUT2D eigenvalue weighted by atomic mass is 14.9. The molecule has 0 amide bonds. The molecule has 2 N–H and O–H groups in total. The van der Waals surface area contributed by atoms with Gasteiger partial charge in [-0.25, -0.2) is 0 Å². The van der Waals surface area contributed by atoms with Crippen LogP contribution in [-0.2, 0) is 13.0 Å². The number of aromatic nitrogens is 1. The van der Waals surface area contributed by atoms with E-state index in [-0.39, 0.29) is 6.04 Å². The molecular formula is C18H20N2. The van der Waals surface area contributed by atoms with Crippen LogP contribution in [0.25, 0.3) is 10.9 Å². The van der Waals surface area contributed by atoms with Crippen molar-refractivity contribution in [2.45, 2.75) is 25.9 Å². The van der Waals surface area contributed by atoms with Gasteiger partial charge in [0.15, 0.2) is 0 Å². The van der Waals surface area contributed by atoms with Crippen LogP contribution in [0.1, 0.15) is 18.1 Å². The van der Waals surface area contributed by atoms with E-state index in [1.165, 1.54) is 22.0 Å². The summed E-state index contributed by atoms with van der Waals surface area (Å²) in [7, 11) is 0. The minimum absolute atomic E-state index is 0.193. The molecule has 20 heavy (non-hydrogen) atoms. The fourth-order valence-electron chi connectivity index (χ4n) is 2.73. The summed E-state index contributed by atoms with van der Waals surface area (Å²) in [6, 6.07) is 19.4. The van der Waals surface area contributed by atoms with Crippen molar-refractivity contribution in [3.63, 3.8) is 0 Å². The Hall–Kier alpha value is -2.06. The molecule has 0 spiro atoms. The predicted molar refractivity (Wildman–Crippen MR) is 84.8 cm³/mol. The lowest BCUT2D eigenvalue weighted by atomic mass is 10.0. The van der Waals surface area contributed by atoms with E-state index in [9.17, 15) is 0 Å². The number of nitrogens with zero attached hydrogens (tertiary/aromatic N) is 1. The van der Waals surface area contributed by atoms with Crippen LogP contribution in [0, 0.1) is 0 Å². The lowest BCUT2D eigenvalue weighted by Crippen LogP contribution is -2.17. The van der Waals surface area contributed by atoms with Crippen molar-refractivity contribution >= 4 is 10.9 Å². The highest BCUT2D eigenvalue weighted by molar-refractivity contribution is 5.83. The Bertz CT molecular complexity index is 696. The molecule has 1 heterocycles. The summed E-state index contributed by atoms with van der Waals surface area (Å²) in [6.07, 6.45) is 3.09. The van der Waals surface area contributed by atoms with E-state index in [4.69, 9.17) is 5.73 Å². The summed E-state index contributed by atoms with van der Waals surface area (Å²) in [4.78, 5) is 0. The van der Waals surface area contributed by atoms with Gasteiger partial charge in [-0.2, -0.15) is 0 Å². The fourth-order valence-corrected chi connectivity index (χ4v) is 2.73. The number of hydrogen-bond acceptors (Lipinski definition) is 1. The molecule has 0 aliphatic carbocycles. The molecule has 0 aliphatic rings. The summed E-state index contributed by atoms with van der Waals surface area (Å²) in [5, 5.41) is 1.32. The molecule has 1 aromatic heterocycles. The molecule has 3 rings (SSSR count). The van der Waals surface area contributed by atoms with Crippen LogP contribution < -0.4 is 5.73 Å². The van der Waals surface area contributed by atoms with Gasteiger partial charge in [-0.1, -0.05) is 42.5 Å². The third-order valence-corrected chi connectivity index (χ3v) is 3.64. The maximum atomic E-state index is 5.94. The van der Waals surface area contributed by atoms with E-state index in [0.29, 0.717) is 0 Å². The summed E-state index contributed by atoms with van der Waals surface area (Å²) in [5.74, 6) is 0. The third kappa shape index (κ3) is 2.61. The first-order valence-corrected chi connectivity index (χ1v) is 7.10. The zero-order chi connectivity index (χ0) is 13.9. The van der Waals surface area contributed by atoms with E-state index >= 15 is 0 Å². The average molecular weight is 264 g/mol. The van der Waals surface area contributed by atoms with Gasteiger partial charge in [-0.05, 0) is 36.6 Å². The third-order valence-electron chi connectivity index (χ3n) is 3.64. The maximum absolute atomic E-state index is 5.94. The topological polar surface area (TPSA) is 30.9 Å². The van der Waals surface area contributed by atoms with Crippen molar-refractivity contribution in [2.24, 2.45) is 5.73 Å². The molecule has 2 nitrogen and oxygen atoms in total. The fraction of sp³-hybridized carbons (Fsp3) is 0.222. The summed E-state index contributed by atoms with van der Waals surface area (Å²) in [5.41, 5.74) is 9.88. The summed E-state index contributed by atoms with van der Waals surface area (Å²) >= 11 is 0. The van der Waals surface area contributed by atoms with Crippen LogP contribution >= 0.6 is 0 Å². The van der Waals surface area contributed by atoms with Crippen LogP contribution in [0.15, 0.2) is 60.8 Å². The molecule has 0 saturated carbocycles. The molecule has 3 aromatic rings. The zero-order valence-corrected chi connectivity index (χ0v) is 11.8. The lowest BCUT2D eigenvalue weighted by molar-refractivity contribution is 0.741. The summed E-state index contributed by atoms with van der Waals surface area (Å²) < 4.78 is 2.30. The van der Waals surface area contributed by atoms with Crippen LogP contribution in [0.3, 0.4) is 0 Å². The van der Waals surface area contributed by atoms with E-state index in [1.54, 1.807) is 0 Å². The molecule has 102 valence electrons. The first kappa shape index (κ1) is 12.9. The quantitative estimate of drug-likeness (QED) is 0.767. The Morgan fingerprint density at radius 2 is 1.80 bits per heavy atom. The van der Waals surface area contributed by atoms with Crippen molar-refractivity contribution in [2.75, 3.05) is 0 Å². The highest BCUT2D eigenvalue weighted by Gasteiger charge is 2.07. The first-order valence-electron chi connectivity index (χ1n) is 7.10. The Morgan fingerprint density at radius 3 is 2.55 bits per heavy atom. The number of fused-ring (bicyclic) bond motifs is 1. The van der Waals surface area contributed by atoms with Gasteiger partial charge in [0.05, 0.1) is 0 Å². The summed E-state index contributed by atoms with van der Waals surface area (Å²) in [6.45, 7) is 2.96. The van der Waals surface area contributed by atoms with E-state index in [2.05, 4.69) is 72.3 Å². The second-order valence-corrected chi connectivity index (χ2v) is 5.46. The van der Waals surface area contributed by atoms with Gasteiger partial charge in [-0.15, -0.1) is 0 Å². The van der Waals surface area contributed by atoms with Crippen LogP contribution in [0.2, 0.25) is 0 Å². The average Bonchev–Trinajstić information content (AvgIpc) is 2.84. The van der Waals surface area contributed by atoms with Gasteiger partial charge in [0.2, 0.25) is 0 Å². The van der Waals surface area contributed by atoms with E-state index in [0.717, 1.165) is 13.0 Å². The highest BCUT2D eigenvalue weighted by Crippen LogP contribution is 2.22. The Kier molecular flexibility index (Phi) is 3.57. The van der Waals surface area contributed by atoms with Crippen LogP contribution in [0.4, 0.5) is 0 Å². The van der Waals surface area contributed by atoms with Crippen molar-refractivity contribution in [3.05, 3.63) is 71.9 Å². The normalized spacial score (nSPS) is 12.7. The van der Waals surface area contributed by atoms with E-state index < -0.39 is 0 Å². The molecular weight excluding hydrogens is 244 g/mol. The Balaban J connectivity index is 1.97. The van der Waals surface area contributed by atoms with Crippen molar-refractivity contribution < 1.29 is 0 Å². The minimum atomic E-state index is 0.193. The van der Waals surface area contributed by atoms with Gasteiger partial charge >= 0.3 is 0 Å². The molecule has 2 aromatic carbocycles. The molecule has 0 bridgehead atoms. The lowest BCUT2D eigenvalue weighted by Gasteiger charge is -2.09.